The quantitative estimate of drug-likeness (QED) is 0.528. The summed E-state index contributed by atoms with van der Waals surface area (Å²) in [5.74, 6) is -3.68. The van der Waals surface area contributed by atoms with Crippen molar-refractivity contribution in [1.82, 2.24) is 14.6 Å². The van der Waals surface area contributed by atoms with E-state index >= 15 is 0 Å². The van der Waals surface area contributed by atoms with Crippen LogP contribution in [-0.2, 0) is 0 Å². The molecule has 3 aromatic rings. The summed E-state index contributed by atoms with van der Waals surface area (Å²) in [4.78, 5) is 16.8. The van der Waals surface area contributed by atoms with Gasteiger partial charge in [-0.05, 0) is 37.1 Å². The standard InChI is InChI=1S/C20H20F4N6O/c21-17(22)12-5-4-11(28-14-3-1-6-20(23,24)16(14)25)9-15(12)29-19(31)13-10-27-30-8-2-7-26-18(13)30/h2,4-5,7-10,14,16-17,28H,1,3,6,25H2,(H,29,31)/t14-,16-/m1/s1. The summed E-state index contributed by atoms with van der Waals surface area (Å²) in [7, 11) is 0. The van der Waals surface area contributed by atoms with Crippen LogP contribution in [0.1, 0.15) is 41.6 Å². The molecule has 1 aromatic carbocycles. The number of carbonyl (C=O) groups excluding carboxylic acids is 1. The van der Waals surface area contributed by atoms with Gasteiger partial charge in [-0.2, -0.15) is 5.10 Å². The van der Waals surface area contributed by atoms with E-state index < -0.39 is 35.9 Å². The molecule has 1 aliphatic rings. The van der Waals surface area contributed by atoms with Crippen LogP contribution in [0, 0.1) is 0 Å². The van der Waals surface area contributed by atoms with Gasteiger partial charge in [-0.15, -0.1) is 0 Å². The minimum atomic E-state index is -3.01. The Morgan fingerprint density at radius 3 is 2.90 bits per heavy atom. The van der Waals surface area contributed by atoms with Crippen molar-refractivity contribution >= 4 is 22.9 Å². The summed E-state index contributed by atoms with van der Waals surface area (Å²) < 4.78 is 56.2. The monoisotopic (exact) mass is 436 g/mol. The van der Waals surface area contributed by atoms with Crippen molar-refractivity contribution in [1.29, 1.82) is 0 Å². The number of alkyl halides is 4. The van der Waals surface area contributed by atoms with Gasteiger partial charge in [0.2, 0.25) is 0 Å². The second-order valence-electron chi connectivity index (χ2n) is 7.43. The number of nitrogens with zero attached hydrogens (tertiary/aromatic N) is 3. The highest BCUT2D eigenvalue weighted by atomic mass is 19.3. The molecule has 0 spiro atoms. The largest absolute Gasteiger partial charge is 0.380 e. The molecule has 7 nitrogen and oxygen atoms in total. The third kappa shape index (κ3) is 4.18. The summed E-state index contributed by atoms with van der Waals surface area (Å²) in [6.07, 6.45) is 1.93. The lowest BCUT2D eigenvalue weighted by Crippen LogP contribution is -2.55. The molecule has 2 atom stereocenters. The first-order valence-electron chi connectivity index (χ1n) is 9.68. The summed E-state index contributed by atoms with van der Waals surface area (Å²) in [6, 6.07) is 3.28. The third-order valence-corrected chi connectivity index (χ3v) is 5.36. The zero-order valence-corrected chi connectivity index (χ0v) is 16.2. The molecule has 1 aliphatic carbocycles. The fourth-order valence-electron chi connectivity index (χ4n) is 3.70. The van der Waals surface area contributed by atoms with Gasteiger partial charge in [-0.3, -0.25) is 4.79 Å². The summed E-state index contributed by atoms with van der Waals surface area (Å²) in [5, 5.41) is 9.36. The average Bonchev–Trinajstić information content (AvgIpc) is 3.16. The van der Waals surface area contributed by atoms with Crippen molar-refractivity contribution < 1.29 is 22.4 Å². The van der Waals surface area contributed by atoms with Crippen LogP contribution in [0.2, 0.25) is 0 Å². The highest BCUT2D eigenvalue weighted by Gasteiger charge is 2.44. The number of aromatic nitrogens is 3. The highest BCUT2D eigenvalue weighted by Crippen LogP contribution is 2.35. The highest BCUT2D eigenvalue weighted by molar-refractivity contribution is 6.08. The molecule has 0 saturated heterocycles. The van der Waals surface area contributed by atoms with Gasteiger partial charge < -0.3 is 16.4 Å². The van der Waals surface area contributed by atoms with Crippen molar-refractivity contribution in [2.45, 2.75) is 43.7 Å². The molecular formula is C20H20F4N6O. The normalized spacial score (nSPS) is 20.7. The number of benzene rings is 1. The van der Waals surface area contributed by atoms with Gasteiger partial charge >= 0.3 is 0 Å². The Hall–Kier alpha value is -3.21. The molecule has 31 heavy (non-hydrogen) atoms. The molecule has 4 N–H and O–H groups in total. The molecule has 1 fully saturated rings. The molecule has 164 valence electrons. The first-order chi connectivity index (χ1) is 14.8. The second-order valence-corrected chi connectivity index (χ2v) is 7.43. The summed E-state index contributed by atoms with van der Waals surface area (Å²) >= 11 is 0. The van der Waals surface area contributed by atoms with Crippen LogP contribution >= 0.6 is 0 Å². The Kier molecular flexibility index (Phi) is 5.52. The van der Waals surface area contributed by atoms with E-state index in [4.69, 9.17) is 5.73 Å². The molecule has 11 heteroatoms. The molecular weight excluding hydrogens is 416 g/mol. The fraction of sp³-hybridized carbons (Fsp3) is 0.350. The van der Waals surface area contributed by atoms with Crippen molar-refractivity contribution in [2.75, 3.05) is 10.6 Å². The van der Waals surface area contributed by atoms with Crippen molar-refractivity contribution in [3.05, 3.63) is 54.0 Å². The topological polar surface area (TPSA) is 97.3 Å². The lowest BCUT2D eigenvalue weighted by Gasteiger charge is -2.36. The number of fused-ring (bicyclic) bond motifs is 1. The summed E-state index contributed by atoms with van der Waals surface area (Å²) in [6.45, 7) is 0. The van der Waals surface area contributed by atoms with Crippen LogP contribution in [0.3, 0.4) is 0 Å². The number of amides is 1. The van der Waals surface area contributed by atoms with Gasteiger partial charge in [0.05, 0.1) is 17.9 Å². The molecule has 1 amide bonds. The maximum atomic E-state index is 13.9. The van der Waals surface area contributed by atoms with Gasteiger partial charge in [0.25, 0.3) is 18.3 Å². The smallest absolute Gasteiger partial charge is 0.265 e. The van der Waals surface area contributed by atoms with E-state index in [9.17, 15) is 22.4 Å². The van der Waals surface area contributed by atoms with Gasteiger partial charge in [0.15, 0.2) is 5.65 Å². The number of hydrogen-bond acceptors (Lipinski definition) is 5. The predicted octanol–water partition coefficient (Wildman–Crippen LogP) is 3.85. The molecule has 0 bridgehead atoms. The van der Waals surface area contributed by atoms with Crippen molar-refractivity contribution in [3.63, 3.8) is 0 Å². The van der Waals surface area contributed by atoms with Crippen LogP contribution in [0.4, 0.5) is 28.9 Å². The number of carbonyl (C=O) groups is 1. The number of hydrogen-bond donors (Lipinski definition) is 3. The van der Waals surface area contributed by atoms with Gasteiger partial charge in [0, 0.05) is 36.1 Å². The van der Waals surface area contributed by atoms with Gasteiger partial charge in [-0.25, -0.2) is 27.1 Å². The maximum Gasteiger partial charge on any atom is 0.265 e. The van der Waals surface area contributed by atoms with E-state index in [2.05, 4.69) is 20.7 Å². The molecule has 0 aliphatic heterocycles. The molecule has 2 heterocycles. The number of nitrogens with two attached hydrogens (primary N) is 1. The van der Waals surface area contributed by atoms with Crippen LogP contribution in [-0.4, -0.2) is 38.5 Å². The number of anilines is 2. The molecule has 0 unspecified atom stereocenters. The molecule has 2 aromatic heterocycles. The Labute approximate surface area is 174 Å². The first-order valence-corrected chi connectivity index (χ1v) is 9.68. The summed E-state index contributed by atoms with van der Waals surface area (Å²) in [5.41, 5.74) is 5.83. The molecule has 1 saturated carbocycles. The number of nitrogens with one attached hydrogen (secondary N) is 2. The van der Waals surface area contributed by atoms with E-state index in [1.165, 1.54) is 29.0 Å². The zero-order chi connectivity index (χ0) is 22.2. The Balaban J connectivity index is 1.60. The third-order valence-electron chi connectivity index (χ3n) is 5.36. The maximum absolute atomic E-state index is 13.9. The fourth-order valence-corrected chi connectivity index (χ4v) is 3.70. The van der Waals surface area contributed by atoms with Crippen molar-refractivity contribution in [3.8, 4) is 0 Å². The molecule has 4 rings (SSSR count). The van der Waals surface area contributed by atoms with Crippen LogP contribution in [0.5, 0.6) is 0 Å². The van der Waals surface area contributed by atoms with Gasteiger partial charge in [0.1, 0.15) is 5.56 Å². The molecule has 0 radical (unpaired) electrons. The first kappa shape index (κ1) is 21.0. The second kappa shape index (κ2) is 8.14. The van der Waals surface area contributed by atoms with Crippen LogP contribution < -0.4 is 16.4 Å². The van der Waals surface area contributed by atoms with Crippen LogP contribution in [0.25, 0.3) is 5.65 Å². The van der Waals surface area contributed by atoms with E-state index in [0.29, 0.717) is 18.5 Å². The lowest BCUT2D eigenvalue weighted by atomic mass is 9.87. The van der Waals surface area contributed by atoms with E-state index in [-0.39, 0.29) is 23.3 Å². The van der Waals surface area contributed by atoms with E-state index in [0.717, 1.165) is 6.07 Å². The van der Waals surface area contributed by atoms with Crippen LogP contribution in [0.15, 0.2) is 42.9 Å². The predicted molar refractivity (Wildman–Crippen MR) is 107 cm³/mol. The van der Waals surface area contributed by atoms with E-state index in [1.807, 2.05) is 0 Å². The number of halogens is 4. The average molecular weight is 436 g/mol. The lowest BCUT2D eigenvalue weighted by molar-refractivity contribution is -0.0554. The minimum absolute atomic E-state index is 0.105. The Morgan fingerprint density at radius 2 is 2.13 bits per heavy atom. The Morgan fingerprint density at radius 1 is 1.32 bits per heavy atom. The minimum Gasteiger partial charge on any atom is -0.380 e. The SMILES string of the molecule is N[C@@H]1[C@H](Nc2ccc(C(F)F)c(NC(=O)c3cnn4cccnc34)c2)CCCC1(F)F. The van der Waals surface area contributed by atoms with Gasteiger partial charge in [-0.1, -0.05) is 0 Å². The van der Waals surface area contributed by atoms with Crippen molar-refractivity contribution in [2.24, 2.45) is 5.73 Å². The number of rotatable bonds is 5. The van der Waals surface area contributed by atoms with E-state index in [1.54, 1.807) is 12.3 Å². The Bertz CT molecular complexity index is 1100. The zero-order valence-electron chi connectivity index (χ0n) is 16.2.